The molecule has 1 amide bonds. The molecule has 0 fully saturated rings. The van der Waals surface area contributed by atoms with Crippen LogP contribution in [-0.4, -0.2) is 33.8 Å². The Morgan fingerprint density at radius 2 is 1.78 bits per heavy atom. The van der Waals surface area contributed by atoms with Gasteiger partial charge >= 0.3 is 5.97 Å². The normalized spacial score (nSPS) is 13.2. The van der Waals surface area contributed by atoms with Crippen LogP contribution in [0.25, 0.3) is 10.2 Å². The van der Waals surface area contributed by atoms with Crippen molar-refractivity contribution in [2.24, 2.45) is 5.92 Å². The standard InChI is InChI=1S/C20H20N2O3S2/c23-19(14(12-26)10-13-6-2-1-3-7-13)22-16(20(24)25)11-18-21-15-8-4-5-9-17(15)27-18/h1-9,14,16,26H,10-12H2,(H,22,23)(H,24,25)/t14-,16+/m1/s1. The summed E-state index contributed by atoms with van der Waals surface area (Å²) in [5, 5.41) is 12.9. The molecule has 0 saturated heterocycles. The van der Waals surface area contributed by atoms with Crippen molar-refractivity contribution in [1.29, 1.82) is 0 Å². The summed E-state index contributed by atoms with van der Waals surface area (Å²) in [5.74, 6) is -1.43. The van der Waals surface area contributed by atoms with Crippen LogP contribution in [0.1, 0.15) is 10.6 Å². The van der Waals surface area contributed by atoms with Gasteiger partial charge in [0.2, 0.25) is 5.91 Å². The molecule has 0 radical (unpaired) electrons. The number of para-hydroxylation sites is 1. The number of hydrogen-bond donors (Lipinski definition) is 3. The van der Waals surface area contributed by atoms with Gasteiger partial charge in [0, 0.05) is 12.2 Å². The fourth-order valence-electron chi connectivity index (χ4n) is 2.81. The number of aliphatic carboxylic acids is 1. The lowest BCUT2D eigenvalue weighted by atomic mass is 9.99. The number of nitrogens with zero attached hydrogens (tertiary/aromatic N) is 1. The SMILES string of the molecule is O=C(N[C@@H](Cc1nc2ccccc2s1)C(=O)O)[C@@H](CS)Cc1ccccc1. The summed E-state index contributed by atoms with van der Waals surface area (Å²) >= 11 is 5.72. The molecule has 0 saturated carbocycles. The van der Waals surface area contributed by atoms with Crippen LogP contribution in [0.3, 0.4) is 0 Å². The van der Waals surface area contributed by atoms with Crippen LogP contribution in [0.2, 0.25) is 0 Å². The lowest BCUT2D eigenvalue weighted by molar-refractivity contribution is -0.142. The number of carbonyl (C=O) groups is 2. The van der Waals surface area contributed by atoms with Crippen molar-refractivity contribution in [1.82, 2.24) is 10.3 Å². The van der Waals surface area contributed by atoms with Gasteiger partial charge < -0.3 is 10.4 Å². The van der Waals surface area contributed by atoms with E-state index in [9.17, 15) is 14.7 Å². The van der Waals surface area contributed by atoms with E-state index in [-0.39, 0.29) is 12.3 Å². The zero-order valence-corrected chi connectivity index (χ0v) is 16.2. The molecule has 0 aliphatic rings. The number of hydrogen-bond acceptors (Lipinski definition) is 5. The number of thiol groups is 1. The number of amides is 1. The van der Waals surface area contributed by atoms with Gasteiger partial charge in [-0.25, -0.2) is 9.78 Å². The van der Waals surface area contributed by atoms with E-state index in [1.165, 1.54) is 11.3 Å². The van der Waals surface area contributed by atoms with Gasteiger partial charge in [-0.15, -0.1) is 11.3 Å². The minimum Gasteiger partial charge on any atom is -0.480 e. The lowest BCUT2D eigenvalue weighted by Gasteiger charge is -2.18. The zero-order chi connectivity index (χ0) is 19.2. The summed E-state index contributed by atoms with van der Waals surface area (Å²) in [6.07, 6.45) is 0.675. The number of carboxylic acid groups (broad SMARTS) is 1. The number of aromatic nitrogens is 1. The van der Waals surface area contributed by atoms with Gasteiger partial charge in [-0.05, 0) is 24.1 Å². The van der Waals surface area contributed by atoms with Crippen LogP contribution in [0.5, 0.6) is 0 Å². The van der Waals surface area contributed by atoms with E-state index in [0.717, 1.165) is 15.8 Å². The predicted octanol–water partition coefficient (Wildman–Crippen LogP) is 3.20. The number of carbonyl (C=O) groups excluding carboxylic acids is 1. The second kappa shape index (κ2) is 9.01. The van der Waals surface area contributed by atoms with Crippen LogP contribution in [0.4, 0.5) is 0 Å². The third kappa shape index (κ3) is 5.08. The third-order valence-corrected chi connectivity index (χ3v) is 5.75. The quantitative estimate of drug-likeness (QED) is 0.508. The molecule has 0 spiro atoms. The van der Waals surface area contributed by atoms with Crippen LogP contribution in [0.15, 0.2) is 54.6 Å². The molecular weight excluding hydrogens is 380 g/mol. The Kier molecular flexibility index (Phi) is 6.47. The summed E-state index contributed by atoms with van der Waals surface area (Å²) in [5.41, 5.74) is 1.86. The van der Waals surface area contributed by atoms with Crippen LogP contribution in [-0.2, 0) is 22.4 Å². The minimum absolute atomic E-state index is 0.158. The molecule has 5 nitrogen and oxygen atoms in total. The average Bonchev–Trinajstić information content (AvgIpc) is 3.08. The van der Waals surface area contributed by atoms with E-state index in [1.54, 1.807) is 0 Å². The molecule has 3 aromatic rings. The Labute approximate surface area is 166 Å². The molecular formula is C20H20N2O3S2. The van der Waals surface area contributed by atoms with Crippen molar-refractivity contribution >= 4 is 46.1 Å². The van der Waals surface area contributed by atoms with Crippen LogP contribution in [0, 0.1) is 5.92 Å². The summed E-state index contributed by atoms with van der Waals surface area (Å²) in [6, 6.07) is 16.3. The first-order valence-electron chi connectivity index (χ1n) is 8.59. The Bertz CT molecular complexity index is 894. The van der Waals surface area contributed by atoms with E-state index in [1.807, 2.05) is 54.6 Å². The molecule has 0 aliphatic heterocycles. The molecule has 1 heterocycles. The molecule has 7 heteroatoms. The fourth-order valence-corrected chi connectivity index (χ4v) is 4.12. The number of rotatable bonds is 8. The Hall–Kier alpha value is -2.38. The van der Waals surface area contributed by atoms with Gasteiger partial charge in [0.05, 0.1) is 21.1 Å². The average molecular weight is 401 g/mol. The second-order valence-corrected chi connectivity index (χ2v) is 7.73. The van der Waals surface area contributed by atoms with Gasteiger partial charge in [0.15, 0.2) is 0 Å². The molecule has 2 aromatic carbocycles. The van der Waals surface area contributed by atoms with Crippen LogP contribution < -0.4 is 5.32 Å². The first kappa shape index (κ1) is 19.4. The Morgan fingerprint density at radius 1 is 1.07 bits per heavy atom. The van der Waals surface area contributed by atoms with Gasteiger partial charge in [0.1, 0.15) is 6.04 Å². The number of thiazole rings is 1. The molecule has 0 aliphatic carbocycles. The first-order chi connectivity index (χ1) is 13.1. The predicted molar refractivity (Wildman–Crippen MR) is 110 cm³/mol. The number of nitrogens with one attached hydrogen (secondary N) is 1. The molecule has 0 unspecified atom stereocenters. The summed E-state index contributed by atoms with van der Waals surface area (Å²) in [7, 11) is 0. The molecule has 140 valence electrons. The van der Waals surface area contributed by atoms with Gasteiger partial charge in [-0.1, -0.05) is 42.5 Å². The van der Waals surface area contributed by atoms with E-state index < -0.39 is 17.9 Å². The van der Waals surface area contributed by atoms with Crippen molar-refractivity contribution in [3.63, 3.8) is 0 Å². The first-order valence-corrected chi connectivity index (χ1v) is 10.0. The molecule has 0 bridgehead atoms. The molecule has 27 heavy (non-hydrogen) atoms. The van der Waals surface area contributed by atoms with Gasteiger partial charge in [-0.2, -0.15) is 12.6 Å². The third-order valence-electron chi connectivity index (χ3n) is 4.25. The summed E-state index contributed by atoms with van der Waals surface area (Å²) in [4.78, 5) is 28.7. The van der Waals surface area contributed by atoms with E-state index >= 15 is 0 Å². The van der Waals surface area contributed by atoms with Crippen molar-refractivity contribution in [3.8, 4) is 0 Å². The largest absolute Gasteiger partial charge is 0.480 e. The Balaban J connectivity index is 1.69. The maximum absolute atomic E-state index is 12.6. The van der Waals surface area contributed by atoms with Crippen molar-refractivity contribution in [3.05, 3.63) is 65.2 Å². The smallest absolute Gasteiger partial charge is 0.326 e. The highest BCUT2D eigenvalue weighted by Crippen LogP contribution is 2.22. The highest BCUT2D eigenvalue weighted by molar-refractivity contribution is 7.80. The number of benzene rings is 2. The van der Waals surface area contributed by atoms with Gasteiger partial charge in [0.25, 0.3) is 0 Å². The van der Waals surface area contributed by atoms with Crippen molar-refractivity contribution in [2.75, 3.05) is 5.75 Å². The molecule has 2 N–H and O–H groups in total. The summed E-state index contributed by atoms with van der Waals surface area (Å²) < 4.78 is 1.00. The minimum atomic E-state index is -1.07. The van der Waals surface area contributed by atoms with E-state index in [2.05, 4.69) is 22.9 Å². The highest BCUT2D eigenvalue weighted by atomic mass is 32.1. The molecule has 3 rings (SSSR count). The highest BCUT2D eigenvalue weighted by Gasteiger charge is 2.26. The number of fused-ring (bicyclic) bond motifs is 1. The van der Waals surface area contributed by atoms with Crippen molar-refractivity contribution in [2.45, 2.75) is 18.9 Å². The maximum Gasteiger partial charge on any atom is 0.326 e. The van der Waals surface area contributed by atoms with E-state index in [0.29, 0.717) is 17.2 Å². The van der Waals surface area contributed by atoms with Gasteiger partial charge in [-0.3, -0.25) is 4.79 Å². The van der Waals surface area contributed by atoms with Crippen molar-refractivity contribution < 1.29 is 14.7 Å². The van der Waals surface area contributed by atoms with E-state index in [4.69, 9.17) is 0 Å². The maximum atomic E-state index is 12.6. The number of carboxylic acids is 1. The second-order valence-electron chi connectivity index (χ2n) is 6.25. The monoisotopic (exact) mass is 400 g/mol. The lowest BCUT2D eigenvalue weighted by Crippen LogP contribution is -2.45. The summed E-state index contributed by atoms with van der Waals surface area (Å²) in [6.45, 7) is 0. The topological polar surface area (TPSA) is 79.3 Å². The zero-order valence-electron chi connectivity index (χ0n) is 14.5. The molecule has 1 aromatic heterocycles. The Morgan fingerprint density at radius 3 is 2.44 bits per heavy atom. The fraction of sp³-hybridized carbons (Fsp3) is 0.250. The molecule has 2 atom stereocenters. The van der Waals surface area contributed by atoms with Crippen LogP contribution >= 0.6 is 24.0 Å².